The molecule has 7 rings (SSSR count). The summed E-state index contributed by atoms with van der Waals surface area (Å²) in [6, 6.07) is 11.3. The summed E-state index contributed by atoms with van der Waals surface area (Å²) in [6.45, 7) is 0.353. The average molecular weight is 503 g/mol. The molecule has 1 aromatic carbocycles. The van der Waals surface area contributed by atoms with Crippen molar-refractivity contribution in [1.82, 2.24) is 38.9 Å². The second-order valence-corrected chi connectivity index (χ2v) is 9.28. The highest BCUT2D eigenvalue weighted by Gasteiger charge is 2.31. The first-order valence-corrected chi connectivity index (χ1v) is 12.3. The van der Waals surface area contributed by atoms with E-state index in [2.05, 4.69) is 24.9 Å². The minimum absolute atomic E-state index is 0.145. The van der Waals surface area contributed by atoms with Gasteiger partial charge in [-0.05, 0) is 24.5 Å². The highest BCUT2D eigenvalue weighted by Crippen LogP contribution is 2.44. The Kier molecular flexibility index (Phi) is 5.17. The fourth-order valence-electron chi connectivity index (χ4n) is 4.77. The second kappa shape index (κ2) is 8.84. The molecule has 1 aliphatic carbocycles. The number of hydrogen-bond acceptors (Lipinski definition) is 8. The van der Waals surface area contributed by atoms with Crippen LogP contribution in [0.3, 0.4) is 0 Å². The van der Waals surface area contributed by atoms with Gasteiger partial charge in [0.15, 0.2) is 11.5 Å². The predicted octanol–water partition coefficient (Wildman–Crippen LogP) is 3.89. The van der Waals surface area contributed by atoms with Crippen LogP contribution in [0.15, 0.2) is 78.5 Å². The van der Waals surface area contributed by atoms with Gasteiger partial charge in [0.25, 0.3) is 5.56 Å². The third-order valence-electron chi connectivity index (χ3n) is 6.83. The minimum Gasteiger partial charge on any atom is -0.480 e. The van der Waals surface area contributed by atoms with Crippen LogP contribution in [0.1, 0.15) is 30.0 Å². The molecule has 186 valence electrons. The van der Waals surface area contributed by atoms with Gasteiger partial charge in [-0.15, -0.1) is 0 Å². The lowest BCUT2D eigenvalue weighted by atomic mass is 10.1. The zero-order valence-electron chi connectivity index (χ0n) is 20.5. The predicted molar refractivity (Wildman–Crippen MR) is 141 cm³/mol. The van der Waals surface area contributed by atoms with Crippen LogP contribution >= 0.6 is 0 Å². The molecular weight excluding hydrogens is 480 g/mol. The number of methoxy groups -OCH3 is 1. The maximum atomic E-state index is 13.0. The zero-order valence-corrected chi connectivity index (χ0v) is 20.5. The van der Waals surface area contributed by atoms with Crippen LogP contribution in [-0.4, -0.2) is 46.0 Å². The highest BCUT2D eigenvalue weighted by atomic mass is 16.5. The van der Waals surface area contributed by atoms with Crippen molar-refractivity contribution >= 4 is 16.7 Å². The fourth-order valence-corrected chi connectivity index (χ4v) is 4.77. The van der Waals surface area contributed by atoms with Gasteiger partial charge in [0.05, 0.1) is 19.3 Å². The van der Waals surface area contributed by atoms with Crippen LogP contribution in [0.4, 0.5) is 0 Å². The molecule has 5 heterocycles. The Morgan fingerprint density at radius 1 is 0.921 bits per heavy atom. The maximum absolute atomic E-state index is 13.0. The Morgan fingerprint density at radius 3 is 2.53 bits per heavy atom. The van der Waals surface area contributed by atoms with Crippen molar-refractivity contribution < 1.29 is 4.74 Å². The monoisotopic (exact) mass is 502 g/mol. The first-order valence-electron chi connectivity index (χ1n) is 12.3. The summed E-state index contributed by atoms with van der Waals surface area (Å²) < 4.78 is 9.14. The SMILES string of the molecule is COc1ncnc(C2CC2)c1-c1ncc2ccc(=O)n(Cc3ccc(-c4nccn5ccnc45)cc3)c2n1. The van der Waals surface area contributed by atoms with Gasteiger partial charge in [-0.25, -0.2) is 24.9 Å². The zero-order chi connectivity index (χ0) is 25.6. The van der Waals surface area contributed by atoms with E-state index in [4.69, 9.17) is 9.72 Å². The Bertz CT molecular complexity index is 1870. The first kappa shape index (κ1) is 22.2. The van der Waals surface area contributed by atoms with Crippen molar-refractivity contribution in [2.45, 2.75) is 25.3 Å². The fraction of sp³-hybridized carbons (Fsp3) is 0.179. The molecular formula is C28H22N8O2. The van der Waals surface area contributed by atoms with Gasteiger partial charge in [0.1, 0.15) is 23.2 Å². The first-order chi connectivity index (χ1) is 18.7. The van der Waals surface area contributed by atoms with Gasteiger partial charge in [0, 0.05) is 53.9 Å². The molecule has 0 aliphatic heterocycles. The molecule has 0 amide bonds. The lowest BCUT2D eigenvalue weighted by Gasteiger charge is -2.13. The minimum atomic E-state index is -0.145. The van der Waals surface area contributed by atoms with Gasteiger partial charge >= 0.3 is 0 Å². The number of fused-ring (bicyclic) bond motifs is 2. The molecule has 0 unspecified atom stereocenters. The number of pyridine rings is 1. The number of imidazole rings is 1. The summed E-state index contributed by atoms with van der Waals surface area (Å²) in [7, 11) is 1.58. The van der Waals surface area contributed by atoms with E-state index in [0.29, 0.717) is 35.4 Å². The Labute approximate surface area is 216 Å². The Morgan fingerprint density at radius 2 is 1.74 bits per heavy atom. The molecule has 1 fully saturated rings. The number of nitrogens with zero attached hydrogens (tertiary/aromatic N) is 8. The van der Waals surface area contributed by atoms with Crippen molar-refractivity contribution in [3.05, 3.63) is 95.3 Å². The number of aromatic nitrogens is 8. The number of rotatable bonds is 6. The largest absolute Gasteiger partial charge is 0.480 e. The summed E-state index contributed by atoms with van der Waals surface area (Å²) in [4.78, 5) is 40.2. The standard InChI is InChI=1S/C28H22N8O2/c1-38-28-22(23(18-6-7-18)32-16-33-28)25-31-14-20-8-9-21(37)36(26(20)34-25)15-17-2-4-19(5-3-17)24-27-30-11-13-35(27)12-10-29-24/h2-5,8-14,16,18H,6-7,15H2,1H3. The molecule has 0 N–H and O–H groups in total. The van der Waals surface area contributed by atoms with Crippen LogP contribution < -0.4 is 10.3 Å². The molecule has 10 nitrogen and oxygen atoms in total. The maximum Gasteiger partial charge on any atom is 0.252 e. The van der Waals surface area contributed by atoms with Crippen molar-refractivity contribution in [2.75, 3.05) is 7.11 Å². The van der Waals surface area contributed by atoms with Gasteiger partial charge in [-0.2, -0.15) is 0 Å². The van der Waals surface area contributed by atoms with Crippen LogP contribution in [0.5, 0.6) is 5.88 Å². The van der Waals surface area contributed by atoms with Gasteiger partial charge in [-0.3, -0.25) is 14.3 Å². The van der Waals surface area contributed by atoms with E-state index in [0.717, 1.165) is 46.4 Å². The lowest BCUT2D eigenvalue weighted by molar-refractivity contribution is 0.397. The molecule has 10 heteroatoms. The van der Waals surface area contributed by atoms with Crippen molar-refractivity contribution in [3.8, 4) is 28.5 Å². The number of hydrogen-bond donors (Lipinski definition) is 0. The van der Waals surface area contributed by atoms with Crippen LogP contribution in [0.2, 0.25) is 0 Å². The summed E-state index contributed by atoms with van der Waals surface area (Å²) in [6.07, 6.45) is 12.6. The third kappa shape index (κ3) is 3.78. The van der Waals surface area contributed by atoms with E-state index >= 15 is 0 Å². The molecule has 0 radical (unpaired) electrons. The second-order valence-electron chi connectivity index (χ2n) is 9.28. The molecule has 5 aromatic heterocycles. The molecule has 0 atom stereocenters. The smallest absolute Gasteiger partial charge is 0.252 e. The van der Waals surface area contributed by atoms with E-state index in [-0.39, 0.29) is 5.56 Å². The summed E-state index contributed by atoms with van der Waals surface area (Å²) in [5.74, 6) is 1.23. The Balaban J connectivity index is 1.29. The number of ether oxygens (including phenoxy) is 1. The molecule has 1 aliphatic rings. The van der Waals surface area contributed by atoms with Gasteiger partial charge < -0.3 is 9.14 Å². The van der Waals surface area contributed by atoms with Crippen LogP contribution in [0.25, 0.3) is 39.3 Å². The highest BCUT2D eigenvalue weighted by molar-refractivity contribution is 5.78. The Hall–Kier alpha value is -4.99. The molecule has 0 bridgehead atoms. The van der Waals surface area contributed by atoms with E-state index in [1.807, 2.05) is 41.1 Å². The van der Waals surface area contributed by atoms with Crippen LogP contribution in [-0.2, 0) is 6.54 Å². The average Bonchev–Trinajstić information content (AvgIpc) is 3.70. The van der Waals surface area contributed by atoms with E-state index in [1.54, 1.807) is 42.4 Å². The quantitative estimate of drug-likeness (QED) is 0.337. The third-order valence-corrected chi connectivity index (χ3v) is 6.83. The summed E-state index contributed by atoms with van der Waals surface area (Å²) in [5, 5.41) is 0.768. The van der Waals surface area contributed by atoms with Gasteiger partial charge in [-0.1, -0.05) is 24.3 Å². The number of benzene rings is 1. The molecule has 1 saturated carbocycles. The van der Waals surface area contributed by atoms with Crippen molar-refractivity contribution in [3.63, 3.8) is 0 Å². The molecule has 6 aromatic rings. The normalized spacial score (nSPS) is 13.3. The van der Waals surface area contributed by atoms with E-state index in [1.165, 1.54) is 6.33 Å². The van der Waals surface area contributed by atoms with E-state index < -0.39 is 0 Å². The topological polar surface area (TPSA) is 113 Å². The molecule has 38 heavy (non-hydrogen) atoms. The van der Waals surface area contributed by atoms with Crippen molar-refractivity contribution in [2.24, 2.45) is 0 Å². The summed E-state index contributed by atoms with van der Waals surface area (Å²) >= 11 is 0. The van der Waals surface area contributed by atoms with E-state index in [9.17, 15) is 4.79 Å². The molecule has 0 saturated heterocycles. The summed E-state index contributed by atoms with van der Waals surface area (Å²) in [5.41, 5.74) is 5.47. The van der Waals surface area contributed by atoms with Crippen molar-refractivity contribution in [1.29, 1.82) is 0 Å². The molecule has 0 spiro atoms. The lowest BCUT2D eigenvalue weighted by Crippen LogP contribution is -2.21. The van der Waals surface area contributed by atoms with Gasteiger partial charge in [0.2, 0.25) is 5.88 Å². The van der Waals surface area contributed by atoms with Crippen LogP contribution in [0, 0.1) is 0 Å².